The molecule has 148 valence electrons. The molecule has 1 aliphatic rings. The molecule has 1 aromatic carbocycles. The van der Waals surface area contributed by atoms with Crippen molar-refractivity contribution in [2.75, 3.05) is 0 Å². The van der Waals surface area contributed by atoms with Crippen LogP contribution in [0, 0.1) is 12.8 Å². The number of hydrogen-bond donors (Lipinski definition) is 0. The van der Waals surface area contributed by atoms with Crippen molar-refractivity contribution >= 4 is 22.1 Å². The van der Waals surface area contributed by atoms with E-state index in [1.807, 2.05) is 0 Å². The van der Waals surface area contributed by atoms with Crippen LogP contribution in [0.4, 0.5) is 0 Å². The van der Waals surface area contributed by atoms with Crippen LogP contribution >= 0.6 is 0 Å². The Balaban J connectivity index is 1.68. The van der Waals surface area contributed by atoms with Gasteiger partial charge < -0.3 is 4.42 Å². The Morgan fingerprint density at radius 2 is 1.86 bits per heavy atom. The average molecular weight is 386 g/mol. The fourth-order valence-electron chi connectivity index (χ4n) is 4.91. The van der Waals surface area contributed by atoms with Crippen LogP contribution in [0.2, 0.25) is 0 Å². The van der Waals surface area contributed by atoms with Gasteiger partial charge in [0.25, 0.3) is 0 Å². The third-order valence-electron chi connectivity index (χ3n) is 6.60. The first kappa shape index (κ1) is 18.4. The number of pyridine rings is 2. The van der Waals surface area contributed by atoms with Gasteiger partial charge >= 0.3 is 0 Å². The van der Waals surface area contributed by atoms with Crippen molar-refractivity contribution in [2.24, 2.45) is 13.0 Å². The molecule has 0 aliphatic heterocycles. The van der Waals surface area contributed by atoms with Crippen molar-refractivity contribution in [1.29, 1.82) is 0 Å². The normalized spacial score (nSPS) is 15.0. The van der Waals surface area contributed by atoms with Crippen molar-refractivity contribution in [2.45, 2.75) is 52.4 Å². The summed E-state index contributed by atoms with van der Waals surface area (Å²) in [5.41, 5.74) is 7.85. The number of hydrogen-bond acceptors (Lipinski definition) is 2. The molecule has 1 saturated carbocycles. The molecule has 3 heterocycles. The van der Waals surface area contributed by atoms with Crippen LogP contribution in [-0.4, -0.2) is 4.98 Å². The number of benzene rings is 1. The van der Waals surface area contributed by atoms with Gasteiger partial charge in [0.2, 0.25) is 11.4 Å². The standard InChI is InChI=1S/C26H29N2O/c1-4-20-10-12-22-21-11-9-17(2)24(25(21)29-26(22)27-20)23-16-19(13-14-28(23)3)15-18-7-5-6-8-18/h9-14,16,18H,4-8,15H2,1-3H3/q+1. The number of nitrogens with zero attached hydrogens (tertiary/aromatic N) is 2. The molecule has 0 unspecified atom stereocenters. The quantitative estimate of drug-likeness (QED) is 0.399. The Labute approximate surface area is 172 Å². The lowest BCUT2D eigenvalue weighted by molar-refractivity contribution is -0.660. The van der Waals surface area contributed by atoms with E-state index in [0.29, 0.717) is 0 Å². The SMILES string of the molecule is CCc1ccc2c(n1)oc1c(-c3cc(CC4CCCC4)cc[n+]3C)c(C)ccc12. The minimum absolute atomic E-state index is 0.746. The van der Waals surface area contributed by atoms with E-state index in [1.165, 1.54) is 54.5 Å². The van der Waals surface area contributed by atoms with Gasteiger partial charge in [-0.1, -0.05) is 44.7 Å². The molecule has 4 aromatic rings. The van der Waals surface area contributed by atoms with E-state index in [-0.39, 0.29) is 0 Å². The predicted octanol–water partition coefficient (Wildman–Crippen LogP) is 6.08. The molecule has 1 aliphatic carbocycles. The van der Waals surface area contributed by atoms with E-state index < -0.39 is 0 Å². The average Bonchev–Trinajstić information content (AvgIpc) is 3.36. The summed E-state index contributed by atoms with van der Waals surface area (Å²) in [5, 5.41) is 2.25. The summed E-state index contributed by atoms with van der Waals surface area (Å²) in [6.07, 6.45) is 9.83. The minimum Gasteiger partial charge on any atom is -0.437 e. The molecule has 3 aromatic heterocycles. The third kappa shape index (κ3) is 3.23. The predicted molar refractivity (Wildman–Crippen MR) is 118 cm³/mol. The first-order valence-electron chi connectivity index (χ1n) is 10.9. The molecular weight excluding hydrogens is 356 g/mol. The van der Waals surface area contributed by atoms with Gasteiger partial charge in [0.05, 0.1) is 5.56 Å². The molecule has 0 saturated heterocycles. The smallest absolute Gasteiger partial charge is 0.227 e. The highest BCUT2D eigenvalue weighted by Gasteiger charge is 2.23. The Hall–Kier alpha value is -2.68. The van der Waals surface area contributed by atoms with E-state index in [4.69, 9.17) is 9.40 Å². The van der Waals surface area contributed by atoms with E-state index in [9.17, 15) is 0 Å². The molecule has 3 nitrogen and oxygen atoms in total. The fraction of sp³-hybridized carbons (Fsp3) is 0.385. The molecule has 0 bridgehead atoms. The van der Waals surface area contributed by atoms with Crippen LogP contribution < -0.4 is 4.57 Å². The van der Waals surface area contributed by atoms with Crippen molar-refractivity contribution in [1.82, 2.24) is 4.98 Å². The highest BCUT2D eigenvalue weighted by Crippen LogP contribution is 2.37. The van der Waals surface area contributed by atoms with Crippen LogP contribution in [0.3, 0.4) is 0 Å². The first-order valence-corrected chi connectivity index (χ1v) is 10.9. The Morgan fingerprint density at radius 1 is 1.07 bits per heavy atom. The Morgan fingerprint density at radius 3 is 2.66 bits per heavy atom. The second-order valence-corrected chi connectivity index (χ2v) is 8.63. The lowest BCUT2D eigenvalue weighted by atomic mass is 9.95. The van der Waals surface area contributed by atoms with Gasteiger partial charge in [-0.15, -0.1) is 0 Å². The number of aromatic nitrogens is 2. The maximum atomic E-state index is 6.37. The van der Waals surface area contributed by atoms with Gasteiger partial charge in [-0.25, -0.2) is 9.55 Å². The van der Waals surface area contributed by atoms with Crippen molar-refractivity contribution in [3.05, 3.63) is 59.4 Å². The highest BCUT2D eigenvalue weighted by molar-refractivity contribution is 6.08. The largest absolute Gasteiger partial charge is 0.437 e. The van der Waals surface area contributed by atoms with Crippen LogP contribution in [0.5, 0.6) is 0 Å². The zero-order chi connectivity index (χ0) is 20.0. The van der Waals surface area contributed by atoms with E-state index in [2.05, 4.69) is 68.1 Å². The summed E-state index contributed by atoms with van der Waals surface area (Å²) in [6, 6.07) is 13.3. The van der Waals surface area contributed by atoms with Crippen molar-refractivity contribution < 1.29 is 8.98 Å². The van der Waals surface area contributed by atoms with Crippen molar-refractivity contribution in [3.8, 4) is 11.3 Å². The summed E-state index contributed by atoms with van der Waals surface area (Å²) in [6.45, 7) is 4.30. The Bertz CT molecular complexity index is 1200. The molecular formula is C26H29N2O+. The van der Waals surface area contributed by atoms with Gasteiger partial charge in [-0.05, 0) is 48.9 Å². The maximum Gasteiger partial charge on any atom is 0.227 e. The molecule has 0 radical (unpaired) electrons. The van der Waals surface area contributed by atoms with E-state index >= 15 is 0 Å². The summed E-state index contributed by atoms with van der Waals surface area (Å²) >= 11 is 0. The summed E-state index contributed by atoms with van der Waals surface area (Å²) in [7, 11) is 2.13. The maximum absolute atomic E-state index is 6.37. The zero-order valence-electron chi connectivity index (χ0n) is 17.7. The highest BCUT2D eigenvalue weighted by atomic mass is 16.3. The first-order chi connectivity index (χ1) is 14.1. The zero-order valence-corrected chi connectivity index (χ0v) is 17.7. The summed E-state index contributed by atoms with van der Waals surface area (Å²) < 4.78 is 8.59. The van der Waals surface area contributed by atoms with Crippen LogP contribution in [0.15, 0.2) is 47.0 Å². The summed E-state index contributed by atoms with van der Waals surface area (Å²) in [4.78, 5) is 4.73. The third-order valence-corrected chi connectivity index (χ3v) is 6.60. The second kappa shape index (κ2) is 7.29. The van der Waals surface area contributed by atoms with E-state index in [1.54, 1.807) is 0 Å². The molecule has 29 heavy (non-hydrogen) atoms. The molecule has 0 atom stereocenters. The van der Waals surface area contributed by atoms with Gasteiger partial charge in [-0.3, -0.25) is 0 Å². The van der Waals surface area contributed by atoms with Crippen LogP contribution in [-0.2, 0) is 19.9 Å². The molecule has 1 fully saturated rings. The number of fused-ring (bicyclic) bond motifs is 3. The lowest BCUT2D eigenvalue weighted by Crippen LogP contribution is -2.31. The van der Waals surface area contributed by atoms with Crippen LogP contribution in [0.25, 0.3) is 33.3 Å². The summed E-state index contributed by atoms with van der Waals surface area (Å²) in [5.74, 6) is 0.843. The molecule has 0 N–H and O–H groups in total. The topological polar surface area (TPSA) is 29.9 Å². The number of furan rings is 1. The van der Waals surface area contributed by atoms with E-state index in [0.717, 1.165) is 40.1 Å². The monoisotopic (exact) mass is 385 g/mol. The number of rotatable bonds is 4. The van der Waals surface area contributed by atoms with Crippen molar-refractivity contribution in [3.63, 3.8) is 0 Å². The molecule has 0 amide bonds. The van der Waals surface area contributed by atoms with Crippen LogP contribution in [0.1, 0.15) is 49.4 Å². The van der Waals surface area contributed by atoms with Gasteiger partial charge in [0.1, 0.15) is 7.05 Å². The second-order valence-electron chi connectivity index (χ2n) is 8.63. The van der Waals surface area contributed by atoms with Gasteiger partial charge in [0.15, 0.2) is 11.8 Å². The lowest BCUT2D eigenvalue weighted by Gasteiger charge is -2.10. The minimum atomic E-state index is 0.746. The molecule has 0 spiro atoms. The number of aryl methyl sites for hydroxylation is 3. The molecule has 3 heteroatoms. The Kier molecular flexibility index (Phi) is 4.61. The van der Waals surface area contributed by atoms with Gasteiger partial charge in [-0.2, -0.15) is 0 Å². The molecule has 5 rings (SSSR count). The fourth-order valence-corrected chi connectivity index (χ4v) is 4.91. The van der Waals surface area contributed by atoms with Gasteiger partial charge in [0, 0.05) is 28.6 Å².